The molecule has 0 bridgehead atoms. The average Bonchev–Trinajstić information content (AvgIpc) is 2.40. The molecule has 2 atom stereocenters. The minimum absolute atomic E-state index is 0.176. The lowest BCUT2D eigenvalue weighted by Crippen LogP contribution is -2.42. The third-order valence-corrected chi connectivity index (χ3v) is 3.51. The summed E-state index contributed by atoms with van der Waals surface area (Å²) in [5.74, 6) is -0.746. The van der Waals surface area contributed by atoms with Crippen molar-refractivity contribution in [3.63, 3.8) is 0 Å². The predicted molar refractivity (Wildman–Crippen MR) is 68.4 cm³/mol. The molecule has 1 aliphatic heterocycles. The maximum absolute atomic E-state index is 13.6. The van der Waals surface area contributed by atoms with Crippen LogP contribution in [0.4, 0.5) is 8.78 Å². The van der Waals surface area contributed by atoms with Gasteiger partial charge in [0, 0.05) is 24.2 Å². The van der Waals surface area contributed by atoms with Gasteiger partial charge in [0.15, 0.2) is 0 Å². The number of benzene rings is 1. The van der Waals surface area contributed by atoms with Crippen LogP contribution in [0.25, 0.3) is 0 Å². The molecular weight excluding hydrogens is 234 g/mol. The van der Waals surface area contributed by atoms with Gasteiger partial charge in [-0.25, -0.2) is 8.78 Å². The summed E-state index contributed by atoms with van der Waals surface area (Å²) in [5.41, 5.74) is 0.394. The first-order chi connectivity index (χ1) is 8.66. The fourth-order valence-electron chi connectivity index (χ4n) is 2.37. The highest BCUT2D eigenvalue weighted by Gasteiger charge is 2.16. The summed E-state index contributed by atoms with van der Waals surface area (Å²) in [5, 5.41) is 6.69. The molecule has 1 saturated heterocycles. The summed E-state index contributed by atoms with van der Waals surface area (Å²) in [7, 11) is 0. The number of nitrogens with one attached hydrogen (secondary N) is 2. The molecule has 0 radical (unpaired) electrons. The topological polar surface area (TPSA) is 24.1 Å². The fraction of sp³-hybridized carbons (Fsp3) is 0.571. The van der Waals surface area contributed by atoms with E-state index in [4.69, 9.17) is 0 Å². The predicted octanol–water partition coefficient (Wildman–Crippen LogP) is 2.76. The molecule has 18 heavy (non-hydrogen) atoms. The van der Waals surface area contributed by atoms with Gasteiger partial charge in [-0.05, 0) is 44.5 Å². The largest absolute Gasteiger partial charge is 0.313 e. The zero-order chi connectivity index (χ0) is 13.0. The Kier molecular flexibility index (Phi) is 4.66. The highest BCUT2D eigenvalue weighted by atomic mass is 19.1. The first-order valence-corrected chi connectivity index (χ1v) is 6.58. The highest BCUT2D eigenvalue weighted by molar-refractivity contribution is 5.21. The van der Waals surface area contributed by atoms with Crippen molar-refractivity contribution < 1.29 is 8.78 Å². The molecule has 0 spiro atoms. The van der Waals surface area contributed by atoms with Gasteiger partial charge in [0.05, 0.1) is 0 Å². The lowest BCUT2D eigenvalue weighted by molar-refractivity contribution is 0.369. The lowest BCUT2D eigenvalue weighted by atomic mass is 10.0. The smallest absolute Gasteiger partial charge is 0.128 e. The van der Waals surface area contributed by atoms with Gasteiger partial charge in [-0.2, -0.15) is 0 Å². The minimum atomic E-state index is -0.393. The van der Waals surface area contributed by atoms with Crippen LogP contribution in [0.2, 0.25) is 0 Å². The van der Waals surface area contributed by atoms with Crippen LogP contribution in [-0.4, -0.2) is 19.1 Å². The van der Waals surface area contributed by atoms with Crippen molar-refractivity contribution in [3.8, 4) is 0 Å². The van der Waals surface area contributed by atoms with E-state index in [1.807, 2.05) is 6.92 Å². The summed E-state index contributed by atoms with van der Waals surface area (Å²) in [6.45, 7) is 3.70. The second-order valence-corrected chi connectivity index (χ2v) is 4.94. The van der Waals surface area contributed by atoms with E-state index in [-0.39, 0.29) is 11.9 Å². The van der Waals surface area contributed by atoms with Crippen LogP contribution in [0, 0.1) is 11.6 Å². The number of halogens is 2. The standard InChI is InChI=1S/C14H20F2N2/c1-10(13-8-11(15)5-6-14(13)16)18-9-12-4-2-3-7-17-12/h5-6,8,10,12,17-18H,2-4,7,9H2,1H3. The third kappa shape index (κ3) is 3.50. The van der Waals surface area contributed by atoms with Gasteiger partial charge in [-0.15, -0.1) is 0 Å². The zero-order valence-electron chi connectivity index (χ0n) is 10.7. The maximum Gasteiger partial charge on any atom is 0.128 e. The van der Waals surface area contributed by atoms with Crippen molar-refractivity contribution in [2.45, 2.75) is 38.3 Å². The number of rotatable bonds is 4. The third-order valence-electron chi connectivity index (χ3n) is 3.51. The van der Waals surface area contributed by atoms with Crippen LogP contribution in [0.1, 0.15) is 37.8 Å². The molecule has 0 aliphatic carbocycles. The molecule has 0 amide bonds. The SMILES string of the molecule is CC(NCC1CCCCN1)c1cc(F)ccc1F. The molecule has 4 heteroatoms. The average molecular weight is 254 g/mol. The number of hydrogen-bond acceptors (Lipinski definition) is 2. The van der Waals surface area contributed by atoms with Crippen molar-refractivity contribution in [2.75, 3.05) is 13.1 Å². The zero-order valence-corrected chi connectivity index (χ0v) is 10.7. The minimum Gasteiger partial charge on any atom is -0.313 e. The van der Waals surface area contributed by atoms with E-state index >= 15 is 0 Å². The Morgan fingerprint density at radius 2 is 2.22 bits per heavy atom. The normalized spacial score (nSPS) is 21.8. The van der Waals surface area contributed by atoms with Gasteiger partial charge in [-0.3, -0.25) is 0 Å². The Morgan fingerprint density at radius 1 is 1.39 bits per heavy atom. The summed E-state index contributed by atoms with van der Waals surface area (Å²) in [4.78, 5) is 0. The Bertz CT molecular complexity index is 389. The Balaban J connectivity index is 1.90. The van der Waals surface area contributed by atoms with Crippen molar-refractivity contribution in [3.05, 3.63) is 35.4 Å². The number of piperidine rings is 1. The van der Waals surface area contributed by atoms with E-state index in [0.717, 1.165) is 25.6 Å². The summed E-state index contributed by atoms with van der Waals surface area (Å²) >= 11 is 0. The van der Waals surface area contributed by atoms with E-state index in [0.29, 0.717) is 11.6 Å². The quantitative estimate of drug-likeness (QED) is 0.863. The van der Waals surface area contributed by atoms with Crippen LogP contribution in [-0.2, 0) is 0 Å². The van der Waals surface area contributed by atoms with Crippen molar-refractivity contribution in [1.29, 1.82) is 0 Å². The van der Waals surface area contributed by atoms with E-state index in [2.05, 4.69) is 10.6 Å². The second-order valence-electron chi connectivity index (χ2n) is 4.94. The molecule has 2 N–H and O–H groups in total. The van der Waals surface area contributed by atoms with Gasteiger partial charge in [-0.1, -0.05) is 6.42 Å². The molecule has 1 aromatic carbocycles. The Labute approximate surface area is 107 Å². The molecular formula is C14H20F2N2. The van der Waals surface area contributed by atoms with Gasteiger partial charge >= 0.3 is 0 Å². The first-order valence-electron chi connectivity index (χ1n) is 6.58. The molecule has 1 fully saturated rings. The summed E-state index contributed by atoms with van der Waals surface area (Å²) in [6.07, 6.45) is 3.61. The Hall–Kier alpha value is -1.00. The van der Waals surface area contributed by atoms with Crippen LogP contribution in [0.15, 0.2) is 18.2 Å². The fourth-order valence-corrected chi connectivity index (χ4v) is 2.37. The van der Waals surface area contributed by atoms with Gasteiger partial charge < -0.3 is 10.6 Å². The monoisotopic (exact) mass is 254 g/mol. The molecule has 1 aliphatic rings. The van der Waals surface area contributed by atoms with E-state index in [1.54, 1.807) is 0 Å². The molecule has 2 unspecified atom stereocenters. The van der Waals surface area contributed by atoms with Gasteiger partial charge in [0.25, 0.3) is 0 Å². The molecule has 1 heterocycles. The molecule has 0 saturated carbocycles. The van der Waals surface area contributed by atoms with E-state index < -0.39 is 5.82 Å². The molecule has 1 aromatic rings. The van der Waals surface area contributed by atoms with Crippen LogP contribution in [0.3, 0.4) is 0 Å². The highest BCUT2D eigenvalue weighted by Crippen LogP contribution is 2.18. The molecule has 2 nitrogen and oxygen atoms in total. The molecule has 0 aromatic heterocycles. The maximum atomic E-state index is 13.6. The van der Waals surface area contributed by atoms with E-state index in [1.165, 1.54) is 25.0 Å². The summed E-state index contributed by atoms with van der Waals surface area (Å²) < 4.78 is 26.7. The van der Waals surface area contributed by atoms with Crippen molar-refractivity contribution in [2.24, 2.45) is 0 Å². The second kappa shape index (κ2) is 6.25. The molecule has 100 valence electrons. The number of hydrogen-bond donors (Lipinski definition) is 2. The van der Waals surface area contributed by atoms with Crippen LogP contribution < -0.4 is 10.6 Å². The van der Waals surface area contributed by atoms with Crippen LogP contribution in [0.5, 0.6) is 0 Å². The van der Waals surface area contributed by atoms with Gasteiger partial charge in [0.2, 0.25) is 0 Å². The van der Waals surface area contributed by atoms with Crippen LogP contribution >= 0.6 is 0 Å². The lowest BCUT2D eigenvalue weighted by Gasteiger charge is -2.25. The Morgan fingerprint density at radius 3 is 2.94 bits per heavy atom. The van der Waals surface area contributed by atoms with Crippen molar-refractivity contribution >= 4 is 0 Å². The van der Waals surface area contributed by atoms with E-state index in [9.17, 15) is 8.78 Å². The first kappa shape index (κ1) is 13.4. The summed E-state index contributed by atoms with van der Waals surface area (Å²) in [6, 6.07) is 3.86. The van der Waals surface area contributed by atoms with Crippen molar-refractivity contribution in [1.82, 2.24) is 10.6 Å². The molecule has 2 rings (SSSR count). The van der Waals surface area contributed by atoms with Gasteiger partial charge in [0.1, 0.15) is 11.6 Å².